The maximum atomic E-state index is 13.2. The molecule has 0 aromatic heterocycles. The summed E-state index contributed by atoms with van der Waals surface area (Å²) in [6, 6.07) is 7.98. The van der Waals surface area contributed by atoms with Gasteiger partial charge in [0.1, 0.15) is 5.75 Å². The molecule has 1 aromatic carbocycles. The van der Waals surface area contributed by atoms with Crippen LogP contribution < -0.4 is 9.64 Å². The number of para-hydroxylation sites is 2. The van der Waals surface area contributed by atoms with Crippen LogP contribution >= 0.6 is 0 Å². The predicted molar refractivity (Wildman–Crippen MR) is 121 cm³/mol. The smallest absolute Gasteiger partial charge is 0.254 e. The molecule has 3 aliphatic heterocycles. The van der Waals surface area contributed by atoms with Crippen LogP contribution in [0.2, 0.25) is 0 Å². The summed E-state index contributed by atoms with van der Waals surface area (Å²) in [5.74, 6) is 0.791. The SMILES string of the molecule is COc1ccccc1N1CCN(C(=O)[C@@H]2O[C@H](CCN3CCCCC3)CC[C@@H]2O)CC1. The minimum Gasteiger partial charge on any atom is -0.495 e. The molecule has 7 nitrogen and oxygen atoms in total. The van der Waals surface area contributed by atoms with Crippen LogP contribution in [0.25, 0.3) is 0 Å². The lowest BCUT2D eigenvalue weighted by molar-refractivity contribution is -0.168. The van der Waals surface area contributed by atoms with Gasteiger partial charge in [-0.3, -0.25) is 4.79 Å². The molecule has 0 unspecified atom stereocenters. The molecule has 3 atom stereocenters. The number of nitrogens with zero attached hydrogens (tertiary/aromatic N) is 3. The van der Waals surface area contributed by atoms with Crippen LogP contribution in [-0.4, -0.2) is 92.0 Å². The Morgan fingerprint density at radius 3 is 2.55 bits per heavy atom. The van der Waals surface area contributed by atoms with Crippen molar-refractivity contribution in [1.82, 2.24) is 9.80 Å². The molecule has 3 saturated heterocycles. The molecule has 4 rings (SSSR count). The van der Waals surface area contributed by atoms with Gasteiger partial charge in [0.15, 0.2) is 6.10 Å². The lowest BCUT2D eigenvalue weighted by Gasteiger charge is -2.40. The van der Waals surface area contributed by atoms with Gasteiger partial charge in [-0.05, 0) is 57.3 Å². The van der Waals surface area contributed by atoms with E-state index in [1.54, 1.807) is 7.11 Å². The summed E-state index contributed by atoms with van der Waals surface area (Å²) in [4.78, 5) is 19.8. The van der Waals surface area contributed by atoms with Gasteiger partial charge in [0, 0.05) is 32.7 Å². The minimum absolute atomic E-state index is 0.0603. The van der Waals surface area contributed by atoms with E-state index in [2.05, 4.69) is 15.9 Å². The zero-order valence-electron chi connectivity index (χ0n) is 18.7. The first-order chi connectivity index (χ1) is 15.2. The first-order valence-electron chi connectivity index (χ1n) is 11.9. The number of hydrogen-bond donors (Lipinski definition) is 1. The fraction of sp³-hybridized carbons (Fsp3) is 0.708. The Morgan fingerprint density at radius 1 is 1.06 bits per heavy atom. The number of rotatable bonds is 6. The lowest BCUT2D eigenvalue weighted by atomic mass is 9.97. The molecule has 0 bridgehead atoms. The van der Waals surface area contributed by atoms with Gasteiger partial charge in [-0.25, -0.2) is 0 Å². The summed E-state index contributed by atoms with van der Waals surface area (Å²) in [5.41, 5.74) is 1.06. The van der Waals surface area contributed by atoms with Crippen molar-refractivity contribution >= 4 is 11.6 Å². The average molecular weight is 432 g/mol. The van der Waals surface area contributed by atoms with Crippen molar-refractivity contribution in [1.29, 1.82) is 0 Å². The van der Waals surface area contributed by atoms with Crippen LogP contribution in [0, 0.1) is 0 Å². The monoisotopic (exact) mass is 431 g/mol. The Hall–Kier alpha value is -1.83. The number of carbonyl (C=O) groups excluding carboxylic acids is 1. The van der Waals surface area contributed by atoms with Crippen molar-refractivity contribution in [3.05, 3.63) is 24.3 Å². The zero-order chi connectivity index (χ0) is 21.6. The number of benzene rings is 1. The number of aliphatic hydroxyl groups is 1. The summed E-state index contributed by atoms with van der Waals surface area (Å²) in [7, 11) is 1.68. The molecule has 172 valence electrons. The van der Waals surface area contributed by atoms with Gasteiger partial charge in [0.2, 0.25) is 0 Å². The van der Waals surface area contributed by atoms with Crippen LogP contribution in [0.3, 0.4) is 0 Å². The number of hydrogen-bond acceptors (Lipinski definition) is 6. The van der Waals surface area contributed by atoms with Crippen LogP contribution in [0.1, 0.15) is 38.5 Å². The second-order valence-corrected chi connectivity index (χ2v) is 9.00. The number of likely N-dealkylation sites (tertiary alicyclic amines) is 1. The van der Waals surface area contributed by atoms with Crippen LogP contribution in [-0.2, 0) is 9.53 Å². The third-order valence-corrected chi connectivity index (χ3v) is 6.95. The zero-order valence-corrected chi connectivity index (χ0v) is 18.7. The first-order valence-corrected chi connectivity index (χ1v) is 11.9. The van der Waals surface area contributed by atoms with Crippen molar-refractivity contribution in [2.45, 2.75) is 56.8 Å². The van der Waals surface area contributed by atoms with Crippen molar-refractivity contribution in [2.24, 2.45) is 0 Å². The van der Waals surface area contributed by atoms with Crippen LogP contribution in [0.15, 0.2) is 24.3 Å². The number of piperidine rings is 1. The normalized spacial score (nSPS) is 27.9. The van der Waals surface area contributed by atoms with Gasteiger partial charge in [0.05, 0.1) is 25.0 Å². The number of methoxy groups -OCH3 is 1. The van der Waals surface area contributed by atoms with E-state index in [9.17, 15) is 9.90 Å². The summed E-state index contributed by atoms with van der Waals surface area (Å²) in [5, 5.41) is 10.5. The molecule has 0 radical (unpaired) electrons. The number of anilines is 1. The van der Waals surface area contributed by atoms with Crippen molar-refractivity contribution in [2.75, 3.05) is 57.8 Å². The Bertz CT molecular complexity index is 717. The maximum absolute atomic E-state index is 13.2. The Balaban J connectivity index is 1.29. The molecule has 3 aliphatic rings. The Kier molecular flexibility index (Phi) is 7.69. The Labute approximate surface area is 185 Å². The topological polar surface area (TPSA) is 65.5 Å². The second-order valence-electron chi connectivity index (χ2n) is 9.00. The van der Waals surface area contributed by atoms with E-state index in [0.29, 0.717) is 19.5 Å². The molecule has 7 heteroatoms. The van der Waals surface area contributed by atoms with E-state index in [4.69, 9.17) is 9.47 Å². The quantitative estimate of drug-likeness (QED) is 0.745. The third-order valence-electron chi connectivity index (χ3n) is 6.95. The van der Waals surface area contributed by atoms with Crippen LogP contribution in [0.5, 0.6) is 5.75 Å². The van der Waals surface area contributed by atoms with Crippen molar-refractivity contribution in [3.63, 3.8) is 0 Å². The van der Waals surface area contributed by atoms with Gasteiger partial charge >= 0.3 is 0 Å². The number of amides is 1. The summed E-state index contributed by atoms with van der Waals surface area (Å²) in [6.45, 7) is 6.12. The van der Waals surface area contributed by atoms with Gasteiger partial charge in [-0.2, -0.15) is 0 Å². The molecule has 3 fully saturated rings. The third kappa shape index (κ3) is 5.51. The van der Waals surface area contributed by atoms with Crippen molar-refractivity contribution in [3.8, 4) is 5.75 Å². The molecule has 3 heterocycles. The van der Waals surface area contributed by atoms with E-state index >= 15 is 0 Å². The Morgan fingerprint density at radius 2 is 1.81 bits per heavy atom. The molecule has 31 heavy (non-hydrogen) atoms. The highest BCUT2D eigenvalue weighted by atomic mass is 16.5. The molecule has 0 spiro atoms. The largest absolute Gasteiger partial charge is 0.495 e. The fourth-order valence-corrected chi connectivity index (χ4v) is 5.06. The standard InChI is InChI=1S/C24H37N3O4/c1-30-22-8-4-3-7-20(22)26-15-17-27(18-16-26)24(29)23-21(28)10-9-19(31-23)11-14-25-12-5-2-6-13-25/h3-4,7-8,19,21,23,28H,2,5-6,9-18H2,1H3/t19-,21-,23+/m0/s1. The van der Waals surface area contributed by atoms with E-state index in [1.807, 2.05) is 23.1 Å². The van der Waals surface area contributed by atoms with E-state index in [0.717, 1.165) is 43.9 Å². The van der Waals surface area contributed by atoms with Gasteiger partial charge < -0.3 is 29.3 Å². The van der Waals surface area contributed by atoms with Crippen LogP contribution in [0.4, 0.5) is 5.69 Å². The van der Waals surface area contributed by atoms with E-state index in [1.165, 1.54) is 32.4 Å². The molecule has 0 aliphatic carbocycles. The van der Waals surface area contributed by atoms with E-state index < -0.39 is 12.2 Å². The number of ether oxygens (including phenoxy) is 2. The maximum Gasteiger partial charge on any atom is 0.254 e. The van der Waals surface area contributed by atoms with Gasteiger partial charge in [-0.15, -0.1) is 0 Å². The van der Waals surface area contributed by atoms with E-state index in [-0.39, 0.29) is 12.0 Å². The first kappa shape index (κ1) is 22.4. The number of piperazine rings is 1. The predicted octanol–water partition coefficient (Wildman–Crippen LogP) is 2.13. The molecule has 1 aromatic rings. The average Bonchev–Trinajstić information content (AvgIpc) is 2.84. The minimum atomic E-state index is -0.724. The van der Waals surface area contributed by atoms with Gasteiger partial charge in [-0.1, -0.05) is 18.6 Å². The van der Waals surface area contributed by atoms with Crippen molar-refractivity contribution < 1.29 is 19.4 Å². The molecular weight excluding hydrogens is 394 g/mol. The number of aliphatic hydroxyl groups excluding tert-OH is 1. The molecule has 1 N–H and O–H groups in total. The lowest BCUT2D eigenvalue weighted by Crippen LogP contribution is -2.56. The summed E-state index contributed by atoms with van der Waals surface area (Å²) in [6.07, 6.45) is 4.96. The number of carbonyl (C=O) groups is 1. The summed E-state index contributed by atoms with van der Waals surface area (Å²) >= 11 is 0. The fourth-order valence-electron chi connectivity index (χ4n) is 5.06. The molecular formula is C24H37N3O4. The second kappa shape index (κ2) is 10.7. The molecule has 1 amide bonds. The highest BCUT2D eigenvalue weighted by Crippen LogP contribution is 2.29. The molecule has 0 saturated carbocycles. The van der Waals surface area contributed by atoms with Gasteiger partial charge in [0.25, 0.3) is 5.91 Å². The highest BCUT2D eigenvalue weighted by molar-refractivity contribution is 5.82. The highest BCUT2D eigenvalue weighted by Gasteiger charge is 2.38. The summed E-state index contributed by atoms with van der Waals surface area (Å²) < 4.78 is 11.6.